The molecule has 7 heteroatoms. The zero-order valence-electron chi connectivity index (χ0n) is 23.2. The first-order valence-electron chi connectivity index (χ1n) is 14.6. The normalized spacial score (nSPS) is 15.7. The third kappa shape index (κ3) is 9.29. The van der Waals surface area contributed by atoms with Crippen molar-refractivity contribution >= 4 is 16.9 Å². The molecule has 4 rings (SSSR count). The zero-order chi connectivity index (χ0) is 27.5. The molecule has 1 saturated heterocycles. The quantitative estimate of drug-likeness (QED) is 0.144. The second-order valence-corrected chi connectivity index (χ2v) is 10.8. The molecule has 0 saturated carbocycles. The molecule has 1 aliphatic rings. The summed E-state index contributed by atoms with van der Waals surface area (Å²) in [6.45, 7) is 3.25. The Morgan fingerprint density at radius 3 is 2.64 bits per heavy atom. The van der Waals surface area contributed by atoms with Crippen LogP contribution in [-0.4, -0.2) is 52.6 Å². The molecule has 1 aromatic heterocycles. The molecule has 7 nitrogen and oxygen atoms in total. The molecular formula is C32H44N2O5. The standard InChI is InChI=1S/C32H44N2O5/c1-23(35)38-28(14-12-24-13-15-31(37)32(20-24)39-27-16-18-33-19-17-27)21-26(36)9-5-3-2-4-8-25-22-34-30-11-7-6-10-29(25)30/h6-7,10-11,13,15,20,22,26-28,33-34,36-37H,2-5,8-9,12,14,16-19,21H2,1H3/t26-,28+/m0/s1. The summed E-state index contributed by atoms with van der Waals surface area (Å²) in [5.74, 6) is 0.323. The average molecular weight is 537 g/mol. The van der Waals surface area contributed by atoms with Gasteiger partial charge in [-0.2, -0.15) is 0 Å². The molecule has 1 fully saturated rings. The van der Waals surface area contributed by atoms with Crippen LogP contribution in [0.3, 0.4) is 0 Å². The summed E-state index contributed by atoms with van der Waals surface area (Å²) in [6, 6.07) is 13.8. The molecule has 0 radical (unpaired) electrons. The minimum Gasteiger partial charge on any atom is -0.504 e. The number of aryl methyl sites for hydroxylation is 2. The second kappa shape index (κ2) is 14.9. The molecule has 1 aliphatic heterocycles. The highest BCUT2D eigenvalue weighted by Crippen LogP contribution is 2.30. The van der Waals surface area contributed by atoms with Gasteiger partial charge in [0.25, 0.3) is 0 Å². The van der Waals surface area contributed by atoms with E-state index in [0.29, 0.717) is 31.4 Å². The van der Waals surface area contributed by atoms with Crippen LogP contribution < -0.4 is 10.1 Å². The molecule has 0 spiro atoms. The number of phenols is 1. The molecule has 0 bridgehead atoms. The average Bonchev–Trinajstić information content (AvgIpc) is 3.34. The van der Waals surface area contributed by atoms with Crippen molar-refractivity contribution in [2.75, 3.05) is 13.1 Å². The lowest BCUT2D eigenvalue weighted by atomic mass is 9.98. The number of carbonyl (C=O) groups is 1. The number of carbonyl (C=O) groups excluding carboxylic acids is 1. The van der Waals surface area contributed by atoms with Crippen molar-refractivity contribution in [3.63, 3.8) is 0 Å². The van der Waals surface area contributed by atoms with Crippen LogP contribution in [0.2, 0.25) is 0 Å². The number of aliphatic hydroxyl groups excluding tert-OH is 1. The van der Waals surface area contributed by atoms with E-state index in [-0.39, 0.29) is 23.9 Å². The molecule has 0 amide bonds. The topological polar surface area (TPSA) is 104 Å². The Bertz CT molecular complexity index is 1170. The first kappa shape index (κ1) is 29.0. The van der Waals surface area contributed by atoms with Gasteiger partial charge in [-0.05, 0) is 87.4 Å². The summed E-state index contributed by atoms with van der Waals surface area (Å²) in [7, 11) is 0. The number of phenolic OH excluding ortho intramolecular Hbond substituents is 1. The third-order valence-electron chi connectivity index (χ3n) is 7.64. The minimum absolute atomic E-state index is 0.102. The van der Waals surface area contributed by atoms with Gasteiger partial charge in [-0.15, -0.1) is 0 Å². The van der Waals surface area contributed by atoms with Crippen molar-refractivity contribution in [3.8, 4) is 11.5 Å². The number of aromatic hydroxyl groups is 1. The van der Waals surface area contributed by atoms with E-state index < -0.39 is 6.10 Å². The van der Waals surface area contributed by atoms with Crippen LogP contribution in [0.1, 0.15) is 75.8 Å². The number of para-hydroxylation sites is 1. The van der Waals surface area contributed by atoms with Gasteiger partial charge >= 0.3 is 5.97 Å². The molecule has 0 aliphatic carbocycles. The van der Waals surface area contributed by atoms with Gasteiger partial charge in [0.2, 0.25) is 0 Å². The Balaban J connectivity index is 1.17. The number of aromatic amines is 1. The molecular weight excluding hydrogens is 492 g/mol. The van der Waals surface area contributed by atoms with Crippen molar-refractivity contribution in [1.82, 2.24) is 10.3 Å². The molecule has 2 heterocycles. The number of benzene rings is 2. The summed E-state index contributed by atoms with van der Waals surface area (Å²) >= 11 is 0. The monoisotopic (exact) mass is 536 g/mol. The Morgan fingerprint density at radius 1 is 1.03 bits per heavy atom. The largest absolute Gasteiger partial charge is 0.504 e. The number of hydrogen-bond donors (Lipinski definition) is 4. The molecule has 3 aromatic rings. The van der Waals surface area contributed by atoms with Crippen molar-refractivity contribution in [2.24, 2.45) is 0 Å². The number of rotatable bonds is 15. The molecule has 2 aromatic carbocycles. The summed E-state index contributed by atoms with van der Waals surface area (Å²) < 4.78 is 11.6. The predicted octanol–water partition coefficient (Wildman–Crippen LogP) is 5.81. The van der Waals surface area contributed by atoms with E-state index >= 15 is 0 Å². The molecule has 4 N–H and O–H groups in total. The summed E-state index contributed by atoms with van der Waals surface area (Å²) in [5, 5.41) is 25.6. The fraction of sp³-hybridized carbons (Fsp3) is 0.531. The van der Waals surface area contributed by atoms with Crippen molar-refractivity contribution in [3.05, 3.63) is 59.8 Å². The van der Waals surface area contributed by atoms with Gasteiger partial charge in [-0.25, -0.2) is 0 Å². The summed E-state index contributed by atoms with van der Waals surface area (Å²) in [4.78, 5) is 15.1. The fourth-order valence-electron chi connectivity index (χ4n) is 5.50. The first-order valence-corrected chi connectivity index (χ1v) is 14.6. The lowest BCUT2D eigenvalue weighted by Gasteiger charge is -2.24. The smallest absolute Gasteiger partial charge is 0.302 e. The van der Waals surface area contributed by atoms with E-state index in [1.807, 2.05) is 12.1 Å². The molecule has 2 atom stereocenters. The maximum absolute atomic E-state index is 11.7. The van der Waals surface area contributed by atoms with Crippen LogP contribution in [0.25, 0.3) is 10.9 Å². The van der Waals surface area contributed by atoms with E-state index in [1.165, 1.54) is 23.4 Å². The van der Waals surface area contributed by atoms with Crippen LogP contribution in [-0.2, 0) is 22.4 Å². The fourth-order valence-corrected chi connectivity index (χ4v) is 5.50. The van der Waals surface area contributed by atoms with Crippen LogP contribution in [0.15, 0.2) is 48.7 Å². The van der Waals surface area contributed by atoms with Gasteiger partial charge in [0.05, 0.1) is 6.10 Å². The number of nitrogens with one attached hydrogen (secondary N) is 2. The molecule has 39 heavy (non-hydrogen) atoms. The number of aliphatic hydroxyl groups is 1. The number of aromatic nitrogens is 1. The van der Waals surface area contributed by atoms with Crippen LogP contribution in [0, 0.1) is 0 Å². The van der Waals surface area contributed by atoms with Crippen LogP contribution in [0.4, 0.5) is 0 Å². The van der Waals surface area contributed by atoms with E-state index in [2.05, 4.69) is 40.8 Å². The van der Waals surface area contributed by atoms with Gasteiger partial charge < -0.3 is 30.0 Å². The number of esters is 1. The minimum atomic E-state index is -0.499. The number of hydrogen-bond acceptors (Lipinski definition) is 6. The van der Waals surface area contributed by atoms with Gasteiger partial charge in [-0.3, -0.25) is 4.79 Å². The Labute approximate surface area is 231 Å². The third-order valence-corrected chi connectivity index (χ3v) is 7.64. The van der Waals surface area contributed by atoms with Gasteiger partial charge in [0.1, 0.15) is 12.2 Å². The van der Waals surface area contributed by atoms with Crippen LogP contribution >= 0.6 is 0 Å². The maximum atomic E-state index is 11.7. The number of piperidine rings is 1. The lowest BCUT2D eigenvalue weighted by molar-refractivity contribution is -0.148. The van der Waals surface area contributed by atoms with Gasteiger partial charge in [0.15, 0.2) is 11.5 Å². The van der Waals surface area contributed by atoms with Crippen LogP contribution in [0.5, 0.6) is 11.5 Å². The highest BCUT2D eigenvalue weighted by atomic mass is 16.5. The predicted molar refractivity (Wildman–Crippen MR) is 154 cm³/mol. The van der Waals surface area contributed by atoms with Gasteiger partial charge in [-0.1, -0.05) is 43.5 Å². The van der Waals surface area contributed by atoms with Crippen molar-refractivity contribution in [2.45, 2.75) is 95.9 Å². The second-order valence-electron chi connectivity index (χ2n) is 10.8. The van der Waals surface area contributed by atoms with E-state index in [9.17, 15) is 15.0 Å². The molecule has 0 unspecified atom stereocenters. The Kier molecular flexibility index (Phi) is 11.1. The lowest BCUT2D eigenvalue weighted by Crippen LogP contribution is -2.34. The first-order chi connectivity index (χ1) is 19.0. The summed E-state index contributed by atoms with van der Waals surface area (Å²) in [6.07, 6.45) is 11.0. The summed E-state index contributed by atoms with van der Waals surface area (Å²) in [5.41, 5.74) is 3.57. The maximum Gasteiger partial charge on any atom is 0.302 e. The number of fused-ring (bicyclic) bond motifs is 1. The highest BCUT2D eigenvalue weighted by Gasteiger charge is 2.19. The SMILES string of the molecule is CC(=O)O[C@H](CCc1ccc(O)c(OC2CCNCC2)c1)C[C@@H](O)CCCCCCc1c[nH]c2ccccc12. The number of unbranched alkanes of at least 4 members (excludes halogenated alkanes) is 3. The Hall–Kier alpha value is -3.03. The highest BCUT2D eigenvalue weighted by molar-refractivity contribution is 5.83. The van der Waals surface area contributed by atoms with E-state index in [4.69, 9.17) is 9.47 Å². The zero-order valence-corrected chi connectivity index (χ0v) is 23.2. The number of H-pyrrole nitrogens is 1. The van der Waals surface area contributed by atoms with Crippen molar-refractivity contribution < 1.29 is 24.5 Å². The van der Waals surface area contributed by atoms with Gasteiger partial charge in [0, 0.05) is 30.4 Å². The van der Waals surface area contributed by atoms with E-state index in [1.54, 1.807) is 6.07 Å². The number of ether oxygens (including phenoxy) is 2. The Morgan fingerprint density at radius 2 is 1.82 bits per heavy atom. The molecule has 212 valence electrons. The van der Waals surface area contributed by atoms with E-state index in [0.717, 1.165) is 63.6 Å². The van der Waals surface area contributed by atoms with Crippen molar-refractivity contribution in [1.29, 1.82) is 0 Å².